The van der Waals surface area contributed by atoms with Crippen molar-refractivity contribution in [2.75, 3.05) is 19.7 Å². The lowest BCUT2D eigenvalue weighted by Crippen LogP contribution is -2.54. The van der Waals surface area contributed by atoms with Gasteiger partial charge in [-0.25, -0.2) is 0 Å². The summed E-state index contributed by atoms with van der Waals surface area (Å²) in [7, 11) is 0. The number of nitrogens with zero attached hydrogens (tertiary/aromatic N) is 1. The van der Waals surface area contributed by atoms with E-state index in [1.54, 1.807) is 0 Å². The molecule has 1 aliphatic carbocycles. The standard InChI is InChI=1S/C23H34F3N3O6/c1-21(2,3)10-16(30)20(34)29-12-22(5-6-22)9-15(29)19(33)28-14(8-13-4-7-27-18(13)32)17(31)11-35-23(24,25)26/h13-16,30H,4-12H2,1-3H3,(H,27,32)(H,28,33)/t13-,14-,15-,16-/m0/s1. The van der Waals surface area contributed by atoms with Crippen LogP contribution < -0.4 is 10.6 Å². The number of amides is 3. The Labute approximate surface area is 202 Å². The molecular formula is C23H34F3N3O6. The molecule has 0 aromatic rings. The van der Waals surface area contributed by atoms with Crippen molar-refractivity contribution in [1.29, 1.82) is 0 Å². The van der Waals surface area contributed by atoms with Crippen molar-refractivity contribution >= 4 is 23.5 Å². The van der Waals surface area contributed by atoms with Gasteiger partial charge in [0.05, 0.1) is 6.04 Å². The molecule has 0 bridgehead atoms. The minimum atomic E-state index is -5.02. The van der Waals surface area contributed by atoms with Gasteiger partial charge in [-0.15, -0.1) is 13.2 Å². The fraction of sp³-hybridized carbons (Fsp3) is 0.826. The molecule has 1 saturated carbocycles. The van der Waals surface area contributed by atoms with Gasteiger partial charge in [0, 0.05) is 19.0 Å². The summed E-state index contributed by atoms with van der Waals surface area (Å²) in [5.74, 6) is -3.26. The van der Waals surface area contributed by atoms with Crippen LogP contribution in [0.5, 0.6) is 0 Å². The third-order valence-electron chi connectivity index (χ3n) is 6.91. The van der Waals surface area contributed by atoms with Crippen molar-refractivity contribution in [3.63, 3.8) is 0 Å². The molecule has 2 saturated heterocycles. The number of halogens is 3. The van der Waals surface area contributed by atoms with E-state index in [1.807, 2.05) is 20.8 Å². The summed E-state index contributed by atoms with van der Waals surface area (Å²) in [6, 6.07) is -2.35. The molecule has 0 aromatic heterocycles. The summed E-state index contributed by atoms with van der Waals surface area (Å²) in [6.07, 6.45) is -3.94. The van der Waals surface area contributed by atoms with E-state index < -0.39 is 54.7 Å². The zero-order valence-corrected chi connectivity index (χ0v) is 20.2. The number of ketones is 1. The first kappa shape index (κ1) is 27.4. The number of carbonyl (C=O) groups excluding carboxylic acids is 4. The lowest BCUT2D eigenvalue weighted by Gasteiger charge is -2.30. The maximum Gasteiger partial charge on any atom is 0.522 e. The Bertz CT molecular complexity index is 852. The summed E-state index contributed by atoms with van der Waals surface area (Å²) >= 11 is 0. The van der Waals surface area contributed by atoms with E-state index in [0.717, 1.165) is 12.8 Å². The largest absolute Gasteiger partial charge is 0.522 e. The molecule has 3 fully saturated rings. The molecular weight excluding hydrogens is 471 g/mol. The highest BCUT2D eigenvalue weighted by Crippen LogP contribution is 2.55. The third kappa shape index (κ3) is 7.39. The molecule has 3 aliphatic rings. The fourth-order valence-electron chi connectivity index (χ4n) is 4.87. The van der Waals surface area contributed by atoms with Crippen LogP contribution in [0.2, 0.25) is 0 Å². The maximum atomic E-state index is 13.3. The van der Waals surface area contributed by atoms with Gasteiger partial charge in [0.1, 0.15) is 18.8 Å². The number of ether oxygens (including phenoxy) is 1. The second kappa shape index (κ2) is 10.0. The van der Waals surface area contributed by atoms with E-state index in [1.165, 1.54) is 4.90 Å². The molecule has 3 amide bonds. The van der Waals surface area contributed by atoms with Gasteiger partial charge in [-0.1, -0.05) is 20.8 Å². The maximum absolute atomic E-state index is 13.3. The molecule has 12 heteroatoms. The van der Waals surface area contributed by atoms with E-state index in [2.05, 4.69) is 15.4 Å². The average Bonchev–Trinajstić information content (AvgIpc) is 3.19. The topological polar surface area (TPSA) is 125 Å². The fourth-order valence-corrected chi connectivity index (χ4v) is 4.87. The van der Waals surface area contributed by atoms with Crippen LogP contribution in [-0.4, -0.2) is 77.8 Å². The molecule has 2 heterocycles. The molecule has 0 radical (unpaired) electrons. The van der Waals surface area contributed by atoms with E-state index in [0.29, 0.717) is 25.9 Å². The minimum absolute atomic E-state index is 0.171. The zero-order valence-electron chi connectivity index (χ0n) is 20.2. The van der Waals surface area contributed by atoms with Crippen LogP contribution in [0.15, 0.2) is 0 Å². The average molecular weight is 506 g/mol. The summed E-state index contributed by atoms with van der Waals surface area (Å²) in [6.45, 7) is 4.99. The molecule has 0 unspecified atom stereocenters. The zero-order chi connectivity index (χ0) is 26.2. The first-order chi connectivity index (χ1) is 16.1. The molecule has 35 heavy (non-hydrogen) atoms. The third-order valence-corrected chi connectivity index (χ3v) is 6.91. The Morgan fingerprint density at radius 1 is 1.26 bits per heavy atom. The quantitative estimate of drug-likeness (QED) is 0.434. The van der Waals surface area contributed by atoms with Crippen LogP contribution in [0.4, 0.5) is 13.2 Å². The summed E-state index contributed by atoms with van der Waals surface area (Å²) in [5.41, 5.74) is -0.551. The van der Waals surface area contributed by atoms with Crippen LogP contribution in [0.1, 0.15) is 59.3 Å². The molecule has 9 nitrogen and oxygen atoms in total. The van der Waals surface area contributed by atoms with E-state index in [4.69, 9.17) is 0 Å². The smallest absolute Gasteiger partial charge is 0.383 e. The van der Waals surface area contributed by atoms with Crippen LogP contribution in [0.25, 0.3) is 0 Å². The van der Waals surface area contributed by atoms with Gasteiger partial charge in [0.25, 0.3) is 5.91 Å². The molecule has 3 rings (SSSR count). The van der Waals surface area contributed by atoms with Crippen LogP contribution in [-0.2, 0) is 23.9 Å². The van der Waals surface area contributed by atoms with Gasteiger partial charge in [-0.05, 0) is 49.4 Å². The minimum Gasteiger partial charge on any atom is -0.383 e. The van der Waals surface area contributed by atoms with Crippen LogP contribution >= 0.6 is 0 Å². The van der Waals surface area contributed by atoms with Crippen molar-refractivity contribution in [1.82, 2.24) is 15.5 Å². The summed E-state index contributed by atoms with van der Waals surface area (Å²) in [5, 5.41) is 15.6. The number of alkyl halides is 3. The highest BCUT2D eigenvalue weighted by Gasteiger charge is 2.56. The lowest BCUT2D eigenvalue weighted by molar-refractivity contribution is -0.321. The normalized spacial score (nSPS) is 25.3. The number of aliphatic hydroxyl groups is 1. The van der Waals surface area contributed by atoms with Gasteiger partial charge >= 0.3 is 6.36 Å². The number of likely N-dealkylation sites (tertiary alicyclic amines) is 1. The Hall–Kier alpha value is -2.21. The van der Waals surface area contributed by atoms with Crippen molar-refractivity contribution in [2.45, 2.75) is 83.8 Å². The lowest BCUT2D eigenvalue weighted by atomic mass is 9.89. The van der Waals surface area contributed by atoms with Crippen molar-refractivity contribution in [2.24, 2.45) is 16.7 Å². The predicted octanol–water partition coefficient (Wildman–Crippen LogP) is 1.28. The van der Waals surface area contributed by atoms with E-state index in [9.17, 15) is 37.5 Å². The number of hydrogen-bond acceptors (Lipinski definition) is 6. The SMILES string of the molecule is CC(C)(C)C[C@H](O)C(=O)N1CC2(CC2)C[C@H]1C(=O)N[C@@H](C[C@@H]1CCNC1=O)C(=O)COC(F)(F)F. The number of hydrogen-bond donors (Lipinski definition) is 3. The number of rotatable bonds is 9. The Morgan fingerprint density at radius 2 is 1.91 bits per heavy atom. The molecule has 0 aromatic carbocycles. The van der Waals surface area contributed by atoms with E-state index >= 15 is 0 Å². The second-order valence-corrected chi connectivity index (χ2v) is 11.2. The van der Waals surface area contributed by atoms with Crippen molar-refractivity contribution < 1.29 is 42.2 Å². The highest BCUT2D eigenvalue weighted by atomic mass is 19.4. The van der Waals surface area contributed by atoms with Gasteiger partial charge in [0.15, 0.2) is 5.78 Å². The summed E-state index contributed by atoms with van der Waals surface area (Å²) < 4.78 is 41.1. The number of aliphatic hydroxyl groups excluding tert-OH is 1. The van der Waals surface area contributed by atoms with Gasteiger partial charge in [-0.3, -0.25) is 23.9 Å². The van der Waals surface area contributed by atoms with Gasteiger partial charge < -0.3 is 20.6 Å². The Kier molecular flexibility index (Phi) is 7.85. The Morgan fingerprint density at radius 3 is 2.43 bits per heavy atom. The van der Waals surface area contributed by atoms with E-state index in [-0.39, 0.29) is 29.6 Å². The number of carbonyl (C=O) groups is 4. The monoisotopic (exact) mass is 505 g/mol. The Balaban J connectivity index is 1.73. The van der Waals surface area contributed by atoms with Gasteiger partial charge in [-0.2, -0.15) is 0 Å². The van der Waals surface area contributed by atoms with Crippen LogP contribution in [0.3, 0.4) is 0 Å². The molecule has 1 spiro atoms. The first-order valence-corrected chi connectivity index (χ1v) is 11.9. The molecule has 2 aliphatic heterocycles. The number of nitrogens with one attached hydrogen (secondary N) is 2. The van der Waals surface area contributed by atoms with Crippen molar-refractivity contribution in [3.8, 4) is 0 Å². The molecule has 198 valence electrons. The van der Waals surface area contributed by atoms with Gasteiger partial charge in [0.2, 0.25) is 11.8 Å². The predicted molar refractivity (Wildman–Crippen MR) is 117 cm³/mol. The molecule has 4 atom stereocenters. The molecule has 3 N–H and O–H groups in total. The number of Topliss-reactive ketones (excluding diaryl/α,β-unsaturated/α-hetero) is 1. The summed E-state index contributed by atoms with van der Waals surface area (Å²) in [4.78, 5) is 52.2. The first-order valence-electron chi connectivity index (χ1n) is 11.9. The second-order valence-electron chi connectivity index (χ2n) is 11.2. The van der Waals surface area contributed by atoms with Crippen molar-refractivity contribution in [3.05, 3.63) is 0 Å². The highest BCUT2D eigenvalue weighted by molar-refractivity contribution is 5.95. The van der Waals surface area contributed by atoms with Crippen LogP contribution in [0, 0.1) is 16.7 Å².